The number of rotatable bonds is 3. The third kappa shape index (κ3) is 2.84. The topological polar surface area (TPSA) is 104 Å². The van der Waals surface area contributed by atoms with Crippen LogP contribution in [-0.2, 0) is 9.84 Å². The molecule has 0 unspecified atom stereocenters. The molecule has 0 spiro atoms. The van der Waals surface area contributed by atoms with Gasteiger partial charge in [0.2, 0.25) is 0 Å². The molecule has 0 radical (unpaired) electrons. The third-order valence-corrected chi connectivity index (χ3v) is 6.12. The van der Waals surface area contributed by atoms with Gasteiger partial charge in [0, 0.05) is 29.1 Å². The zero-order valence-electron chi connectivity index (χ0n) is 15.9. The molecule has 0 atom stereocenters. The van der Waals surface area contributed by atoms with Crippen LogP contribution in [0.4, 0.5) is 0 Å². The molecule has 5 aromatic rings. The van der Waals surface area contributed by atoms with Gasteiger partial charge in [-0.15, -0.1) is 0 Å². The van der Waals surface area contributed by atoms with Crippen LogP contribution in [0.1, 0.15) is 5.56 Å². The largest absolute Gasteiger partial charge is 0.346 e. The first-order valence-electron chi connectivity index (χ1n) is 9.11. The van der Waals surface area contributed by atoms with E-state index >= 15 is 0 Å². The molecule has 146 valence electrons. The van der Waals surface area contributed by atoms with Crippen molar-refractivity contribution < 1.29 is 8.42 Å². The van der Waals surface area contributed by atoms with Gasteiger partial charge < -0.3 is 4.98 Å². The second-order valence-electron chi connectivity index (χ2n) is 6.96. The lowest BCUT2D eigenvalue weighted by Crippen LogP contribution is -2.00. The molecular formula is C22H15N5O2S. The normalized spacial score (nSPS) is 11.7. The van der Waals surface area contributed by atoms with Gasteiger partial charge in [-0.2, -0.15) is 5.26 Å². The molecule has 0 aliphatic carbocycles. The summed E-state index contributed by atoms with van der Waals surface area (Å²) in [7, 11) is -3.29. The Hall–Kier alpha value is -3.96. The Morgan fingerprint density at radius 3 is 2.43 bits per heavy atom. The summed E-state index contributed by atoms with van der Waals surface area (Å²) in [5.74, 6) is 0.658. The van der Waals surface area contributed by atoms with E-state index in [1.807, 2.05) is 29.0 Å². The van der Waals surface area contributed by atoms with E-state index in [-0.39, 0.29) is 4.90 Å². The van der Waals surface area contributed by atoms with Gasteiger partial charge in [0.1, 0.15) is 17.0 Å². The van der Waals surface area contributed by atoms with Gasteiger partial charge in [0.25, 0.3) is 0 Å². The van der Waals surface area contributed by atoms with Gasteiger partial charge in [-0.3, -0.25) is 4.57 Å². The number of nitrogens with zero attached hydrogens (tertiary/aromatic N) is 4. The average Bonchev–Trinajstić information content (AvgIpc) is 3.37. The Labute approximate surface area is 172 Å². The van der Waals surface area contributed by atoms with Crippen LogP contribution in [0.25, 0.3) is 39.1 Å². The molecule has 5 rings (SSSR count). The number of pyridine rings is 1. The highest BCUT2D eigenvalue weighted by Gasteiger charge is 2.18. The summed E-state index contributed by atoms with van der Waals surface area (Å²) >= 11 is 0. The van der Waals surface area contributed by atoms with E-state index in [9.17, 15) is 8.42 Å². The summed E-state index contributed by atoms with van der Waals surface area (Å²) in [4.78, 5) is 12.6. The lowest BCUT2D eigenvalue weighted by molar-refractivity contribution is 0.602. The molecule has 30 heavy (non-hydrogen) atoms. The predicted molar refractivity (Wildman–Crippen MR) is 114 cm³/mol. The minimum absolute atomic E-state index is 0.252. The average molecular weight is 413 g/mol. The van der Waals surface area contributed by atoms with Crippen molar-refractivity contribution in [1.82, 2.24) is 19.5 Å². The fourth-order valence-electron chi connectivity index (χ4n) is 3.55. The number of aromatic amines is 1. The lowest BCUT2D eigenvalue weighted by atomic mass is 10.2. The summed E-state index contributed by atoms with van der Waals surface area (Å²) < 4.78 is 25.7. The molecule has 1 N–H and O–H groups in total. The van der Waals surface area contributed by atoms with Crippen LogP contribution in [0.5, 0.6) is 0 Å². The van der Waals surface area contributed by atoms with Crippen LogP contribution in [0.3, 0.4) is 0 Å². The number of aromatic nitrogens is 4. The number of nitrogens with one attached hydrogen (secondary N) is 1. The number of fused-ring (bicyclic) bond motifs is 3. The zero-order chi connectivity index (χ0) is 20.9. The second-order valence-corrected chi connectivity index (χ2v) is 8.97. The summed E-state index contributed by atoms with van der Waals surface area (Å²) in [6, 6.07) is 18.0. The summed E-state index contributed by atoms with van der Waals surface area (Å²) in [6.07, 6.45) is 4.72. The molecule has 3 heterocycles. The maximum atomic E-state index is 11.8. The van der Waals surface area contributed by atoms with Crippen molar-refractivity contribution in [3.8, 4) is 23.1 Å². The van der Waals surface area contributed by atoms with Crippen molar-refractivity contribution in [2.24, 2.45) is 0 Å². The minimum Gasteiger partial charge on any atom is -0.346 e. The SMILES string of the molecule is CS(=O)(=O)c1ccc(-c2nc3cnc4[nH]ccc4c3n2-c2ccc(C#N)cc2)cc1. The molecule has 0 saturated heterocycles. The number of benzene rings is 2. The highest BCUT2D eigenvalue weighted by molar-refractivity contribution is 7.90. The third-order valence-electron chi connectivity index (χ3n) is 5.00. The van der Waals surface area contributed by atoms with Crippen molar-refractivity contribution >= 4 is 31.9 Å². The molecule has 0 aliphatic heterocycles. The summed E-state index contributed by atoms with van der Waals surface area (Å²) in [5.41, 5.74) is 4.52. The summed E-state index contributed by atoms with van der Waals surface area (Å²) in [6.45, 7) is 0. The monoisotopic (exact) mass is 413 g/mol. The highest BCUT2D eigenvalue weighted by atomic mass is 32.2. The zero-order valence-corrected chi connectivity index (χ0v) is 16.7. The van der Waals surface area contributed by atoms with Crippen LogP contribution in [0, 0.1) is 11.3 Å². The number of hydrogen-bond donors (Lipinski definition) is 1. The Morgan fingerprint density at radius 2 is 1.77 bits per heavy atom. The molecule has 0 bridgehead atoms. The van der Waals surface area contributed by atoms with E-state index in [0.29, 0.717) is 16.9 Å². The van der Waals surface area contributed by atoms with E-state index < -0.39 is 9.84 Å². The highest BCUT2D eigenvalue weighted by Crippen LogP contribution is 2.32. The molecule has 0 saturated carbocycles. The van der Waals surface area contributed by atoms with Gasteiger partial charge >= 0.3 is 0 Å². The van der Waals surface area contributed by atoms with E-state index in [4.69, 9.17) is 10.2 Å². The number of hydrogen-bond acceptors (Lipinski definition) is 5. The number of imidazole rings is 1. The maximum absolute atomic E-state index is 11.8. The predicted octanol–water partition coefficient (Wildman–Crippen LogP) is 3.84. The molecule has 2 aromatic carbocycles. The standard InChI is InChI=1S/C22H15N5O2S/c1-30(28,29)17-8-4-15(5-9-17)22-26-19-13-25-21-18(10-11-24-21)20(19)27(22)16-6-2-14(12-23)3-7-16/h2-11,13H,1H3,(H,24,25). The Balaban J connectivity index is 1.82. The second kappa shape index (κ2) is 6.54. The Morgan fingerprint density at radius 1 is 1.03 bits per heavy atom. The maximum Gasteiger partial charge on any atom is 0.175 e. The fraction of sp³-hybridized carbons (Fsp3) is 0.0455. The van der Waals surface area contributed by atoms with Gasteiger partial charge in [0.05, 0.1) is 28.2 Å². The van der Waals surface area contributed by atoms with Crippen molar-refractivity contribution in [3.63, 3.8) is 0 Å². The van der Waals surface area contributed by atoms with Gasteiger partial charge in [-0.05, 0) is 54.6 Å². The number of nitriles is 1. The van der Waals surface area contributed by atoms with Crippen LogP contribution < -0.4 is 0 Å². The van der Waals surface area contributed by atoms with Crippen molar-refractivity contribution in [3.05, 3.63) is 72.6 Å². The van der Waals surface area contributed by atoms with Crippen LogP contribution >= 0.6 is 0 Å². The Bertz CT molecular complexity index is 1550. The molecule has 0 fully saturated rings. The molecule has 7 nitrogen and oxygen atoms in total. The van der Waals surface area contributed by atoms with Crippen molar-refractivity contribution in [2.45, 2.75) is 4.90 Å². The van der Waals surface area contributed by atoms with Crippen LogP contribution in [0.2, 0.25) is 0 Å². The van der Waals surface area contributed by atoms with E-state index in [1.54, 1.807) is 42.6 Å². The first-order chi connectivity index (χ1) is 14.5. The smallest absolute Gasteiger partial charge is 0.175 e. The van der Waals surface area contributed by atoms with Crippen LogP contribution in [0.15, 0.2) is 71.9 Å². The van der Waals surface area contributed by atoms with E-state index in [1.165, 1.54) is 6.26 Å². The van der Waals surface area contributed by atoms with Crippen molar-refractivity contribution in [1.29, 1.82) is 5.26 Å². The van der Waals surface area contributed by atoms with Gasteiger partial charge in [-0.1, -0.05) is 0 Å². The molecular weight excluding hydrogens is 398 g/mol. The number of sulfone groups is 1. The molecule has 0 aliphatic rings. The van der Waals surface area contributed by atoms with Gasteiger partial charge in [0.15, 0.2) is 9.84 Å². The number of H-pyrrole nitrogens is 1. The lowest BCUT2D eigenvalue weighted by Gasteiger charge is -2.10. The molecule has 0 amide bonds. The first-order valence-corrected chi connectivity index (χ1v) is 11.0. The Kier molecular flexibility index (Phi) is 3.94. The van der Waals surface area contributed by atoms with Crippen molar-refractivity contribution in [2.75, 3.05) is 6.26 Å². The molecule has 3 aromatic heterocycles. The minimum atomic E-state index is -3.29. The van der Waals surface area contributed by atoms with Crippen LogP contribution in [-0.4, -0.2) is 34.2 Å². The van der Waals surface area contributed by atoms with E-state index in [0.717, 1.165) is 27.8 Å². The van der Waals surface area contributed by atoms with E-state index in [2.05, 4.69) is 16.0 Å². The first kappa shape index (κ1) is 18.1. The molecule has 8 heteroatoms. The van der Waals surface area contributed by atoms with Gasteiger partial charge in [-0.25, -0.2) is 18.4 Å². The summed E-state index contributed by atoms with van der Waals surface area (Å²) in [5, 5.41) is 10.1. The quantitative estimate of drug-likeness (QED) is 0.484. The fourth-order valence-corrected chi connectivity index (χ4v) is 4.18.